The third kappa shape index (κ3) is 2.93. The van der Waals surface area contributed by atoms with Crippen LogP contribution in [0, 0.1) is 6.92 Å². The van der Waals surface area contributed by atoms with Crippen LogP contribution in [0.2, 0.25) is 0 Å². The average molecular weight is 375 g/mol. The van der Waals surface area contributed by atoms with Crippen LogP contribution in [0.25, 0.3) is 28.0 Å². The molecule has 4 aromatic rings. The van der Waals surface area contributed by atoms with E-state index in [-0.39, 0.29) is 0 Å². The van der Waals surface area contributed by atoms with Gasteiger partial charge in [0.2, 0.25) is 5.71 Å². The molecule has 7 nitrogen and oxygen atoms in total. The summed E-state index contributed by atoms with van der Waals surface area (Å²) >= 11 is 0. The van der Waals surface area contributed by atoms with E-state index in [0.717, 1.165) is 42.0 Å². The van der Waals surface area contributed by atoms with Crippen LogP contribution in [0.1, 0.15) is 12.5 Å². The highest BCUT2D eigenvalue weighted by atomic mass is 16.4. The minimum absolute atomic E-state index is 0.358. The second-order valence-electron chi connectivity index (χ2n) is 7.41. The number of imidazole rings is 1. The number of fused-ring (bicyclic) bond motifs is 2. The van der Waals surface area contributed by atoms with Gasteiger partial charge in [-0.05, 0) is 49.7 Å². The van der Waals surface area contributed by atoms with Crippen molar-refractivity contribution in [3.05, 3.63) is 58.7 Å². The van der Waals surface area contributed by atoms with Crippen molar-refractivity contribution in [2.75, 3.05) is 24.5 Å². The first-order valence-electron chi connectivity index (χ1n) is 9.46. The van der Waals surface area contributed by atoms with Gasteiger partial charge in [0.25, 0.3) is 0 Å². The number of aryl methyl sites for hydroxylation is 1. The molecule has 28 heavy (non-hydrogen) atoms. The number of nitrogens with zero attached hydrogens (tertiary/aromatic N) is 4. The maximum atomic E-state index is 12.6. The lowest BCUT2D eigenvalue weighted by atomic mass is 10.2. The number of pyridine rings is 2. The fourth-order valence-corrected chi connectivity index (χ4v) is 3.70. The van der Waals surface area contributed by atoms with Crippen LogP contribution in [0.5, 0.6) is 0 Å². The molecular formula is C21H21N5O2. The normalized spacial score (nSPS) is 17.5. The van der Waals surface area contributed by atoms with Crippen molar-refractivity contribution in [1.82, 2.24) is 19.7 Å². The predicted octanol–water partition coefficient (Wildman–Crippen LogP) is 2.61. The number of piperazine rings is 1. The summed E-state index contributed by atoms with van der Waals surface area (Å²) in [6.45, 7) is 6.83. The summed E-state index contributed by atoms with van der Waals surface area (Å²) in [6, 6.07) is 10.1. The molecule has 0 spiro atoms. The summed E-state index contributed by atoms with van der Waals surface area (Å²) in [7, 11) is 0. The Hall–Kier alpha value is -3.19. The molecule has 0 aliphatic carbocycles. The van der Waals surface area contributed by atoms with E-state index in [1.807, 2.05) is 54.0 Å². The first-order chi connectivity index (χ1) is 13.6. The third-order valence-corrected chi connectivity index (χ3v) is 5.17. The van der Waals surface area contributed by atoms with Gasteiger partial charge in [-0.15, -0.1) is 0 Å². The van der Waals surface area contributed by atoms with Crippen molar-refractivity contribution in [3.63, 3.8) is 0 Å². The van der Waals surface area contributed by atoms with Crippen LogP contribution >= 0.6 is 0 Å². The van der Waals surface area contributed by atoms with Crippen molar-refractivity contribution in [3.8, 4) is 11.3 Å². The van der Waals surface area contributed by atoms with Gasteiger partial charge in [-0.3, -0.25) is 0 Å². The van der Waals surface area contributed by atoms with Gasteiger partial charge in [-0.1, -0.05) is 0 Å². The van der Waals surface area contributed by atoms with E-state index >= 15 is 0 Å². The maximum Gasteiger partial charge on any atom is 0.347 e. The molecule has 4 aromatic heterocycles. The zero-order chi connectivity index (χ0) is 19.3. The molecule has 0 aromatic carbocycles. The first kappa shape index (κ1) is 16.9. The van der Waals surface area contributed by atoms with Gasteiger partial charge in [-0.25, -0.2) is 9.78 Å². The molecule has 5 heterocycles. The lowest BCUT2D eigenvalue weighted by Gasteiger charge is -2.32. The second kappa shape index (κ2) is 6.45. The van der Waals surface area contributed by atoms with Crippen LogP contribution in [0.4, 0.5) is 5.82 Å². The van der Waals surface area contributed by atoms with Crippen molar-refractivity contribution in [2.45, 2.75) is 19.9 Å². The molecule has 7 heteroatoms. The van der Waals surface area contributed by atoms with E-state index in [1.165, 1.54) is 0 Å². The lowest BCUT2D eigenvalue weighted by molar-refractivity contribution is 0.481. The van der Waals surface area contributed by atoms with E-state index in [9.17, 15) is 4.79 Å². The van der Waals surface area contributed by atoms with E-state index in [4.69, 9.17) is 4.42 Å². The maximum absolute atomic E-state index is 12.6. The van der Waals surface area contributed by atoms with Gasteiger partial charge in [0.15, 0.2) is 0 Å². The zero-order valence-corrected chi connectivity index (χ0v) is 15.8. The summed E-state index contributed by atoms with van der Waals surface area (Å²) in [6.07, 6.45) is 3.78. The highest BCUT2D eigenvalue weighted by Gasteiger charge is 2.18. The summed E-state index contributed by atoms with van der Waals surface area (Å²) in [4.78, 5) is 24.0. The molecule has 1 aliphatic rings. The Morgan fingerprint density at radius 1 is 1.21 bits per heavy atom. The molecule has 1 aliphatic heterocycles. The zero-order valence-electron chi connectivity index (χ0n) is 15.8. The van der Waals surface area contributed by atoms with Crippen LogP contribution in [-0.4, -0.2) is 40.0 Å². The summed E-state index contributed by atoms with van der Waals surface area (Å²) in [5.74, 6) is 0.833. The van der Waals surface area contributed by atoms with Gasteiger partial charge >= 0.3 is 5.63 Å². The van der Waals surface area contributed by atoms with Gasteiger partial charge in [0.1, 0.15) is 11.5 Å². The number of rotatable bonds is 2. The fourth-order valence-electron chi connectivity index (χ4n) is 3.70. The first-order valence-corrected chi connectivity index (χ1v) is 9.46. The third-order valence-electron chi connectivity index (χ3n) is 5.17. The SMILES string of the molecule is Cc1ccn2cc(-c3cc4ccc(N5CCN[C@@H](C)C5)nc4oc3=O)nc2c1. The average Bonchev–Trinajstić information content (AvgIpc) is 3.10. The standard InChI is InChI=1S/C21H21N5O2/c1-13-5-7-25-12-17(23-19(25)9-13)16-10-15-3-4-18(24-20(15)28-21(16)27)26-8-6-22-14(2)11-26/h3-5,7,9-10,12,14,22H,6,8,11H2,1-2H3/t14-/m0/s1. The number of aromatic nitrogens is 3. The smallest absolute Gasteiger partial charge is 0.347 e. The van der Waals surface area contributed by atoms with Gasteiger partial charge in [0.05, 0.1) is 11.3 Å². The van der Waals surface area contributed by atoms with Gasteiger partial charge in [-0.2, -0.15) is 4.98 Å². The second-order valence-corrected chi connectivity index (χ2v) is 7.41. The van der Waals surface area contributed by atoms with Crippen molar-refractivity contribution >= 4 is 22.6 Å². The quantitative estimate of drug-likeness (QED) is 0.580. The number of nitrogens with one attached hydrogen (secondary N) is 1. The monoisotopic (exact) mass is 375 g/mol. The number of anilines is 1. The predicted molar refractivity (Wildman–Crippen MR) is 109 cm³/mol. The summed E-state index contributed by atoms with van der Waals surface area (Å²) in [5.41, 5.74) is 2.90. The molecule has 0 unspecified atom stereocenters. The van der Waals surface area contributed by atoms with E-state index in [1.54, 1.807) is 0 Å². The van der Waals surface area contributed by atoms with Crippen LogP contribution in [0.15, 0.2) is 51.9 Å². The molecule has 0 amide bonds. The van der Waals surface area contributed by atoms with Crippen LogP contribution in [0.3, 0.4) is 0 Å². The van der Waals surface area contributed by atoms with Crippen LogP contribution < -0.4 is 15.8 Å². The highest BCUT2D eigenvalue weighted by Crippen LogP contribution is 2.23. The van der Waals surface area contributed by atoms with Gasteiger partial charge in [0, 0.05) is 43.5 Å². The summed E-state index contributed by atoms with van der Waals surface area (Å²) < 4.78 is 7.47. The van der Waals surface area contributed by atoms with Crippen molar-refractivity contribution in [2.24, 2.45) is 0 Å². The highest BCUT2D eigenvalue weighted by molar-refractivity contribution is 5.80. The minimum atomic E-state index is -0.425. The Morgan fingerprint density at radius 2 is 2.11 bits per heavy atom. The van der Waals surface area contributed by atoms with E-state index in [2.05, 4.69) is 27.1 Å². The van der Waals surface area contributed by atoms with Gasteiger partial charge < -0.3 is 19.0 Å². The molecular weight excluding hydrogens is 354 g/mol. The molecule has 5 rings (SSSR count). The van der Waals surface area contributed by atoms with Crippen molar-refractivity contribution in [1.29, 1.82) is 0 Å². The number of hydrogen-bond donors (Lipinski definition) is 1. The van der Waals surface area contributed by atoms with E-state index < -0.39 is 5.63 Å². The molecule has 1 fully saturated rings. The molecule has 1 N–H and O–H groups in total. The molecule has 1 atom stereocenters. The molecule has 0 saturated carbocycles. The molecule has 0 bridgehead atoms. The lowest BCUT2D eigenvalue weighted by Crippen LogP contribution is -2.49. The van der Waals surface area contributed by atoms with Crippen molar-refractivity contribution < 1.29 is 4.42 Å². The van der Waals surface area contributed by atoms with Crippen LogP contribution in [-0.2, 0) is 0 Å². The Bertz CT molecular complexity index is 1240. The Kier molecular flexibility index (Phi) is 3.91. The molecule has 1 saturated heterocycles. The minimum Gasteiger partial charge on any atom is -0.403 e. The Balaban J connectivity index is 1.56. The van der Waals surface area contributed by atoms with E-state index in [0.29, 0.717) is 23.0 Å². The molecule has 0 radical (unpaired) electrons. The Morgan fingerprint density at radius 3 is 2.96 bits per heavy atom. The topological polar surface area (TPSA) is 75.7 Å². The molecule has 142 valence electrons. The fraction of sp³-hybridized carbons (Fsp3) is 0.286. The Labute approximate surface area is 161 Å². The number of hydrogen-bond acceptors (Lipinski definition) is 6. The summed E-state index contributed by atoms with van der Waals surface area (Å²) in [5, 5.41) is 4.20. The largest absolute Gasteiger partial charge is 0.403 e.